The van der Waals surface area contributed by atoms with Gasteiger partial charge in [-0.05, 0) is 12.1 Å². The van der Waals surface area contributed by atoms with Crippen LogP contribution in [0.4, 0.5) is 5.69 Å². The van der Waals surface area contributed by atoms with Crippen molar-refractivity contribution in [3.05, 3.63) is 30.3 Å². The normalized spacial score (nSPS) is 12.1. The first kappa shape index (κ1) is 10.7. The highest BCUT2D eigenvalue weighted by molar-refractivity contribution is 5.90. The molecule has 0 heterocycles. The van der Waals surface area contributed by atoms with Crippen LogP contribution in [-0.2, 0) is 4.79 Å². The molecule has 0 bridgehead atoms. The zero-order valence-electron chi connectivity index (χ0n) is 7.68. The molecular formula is C10H13NO3. The molecular weight excluding hydrogens is 182 g/mol. The van der Waals surface area contributed by atoms with Crippen LogP contribution < -0.4 is 5.32 Å². The van der Waals surface area contributed by atoms with E-state index < -0.39 is 12.7 Å². The molecule has 1 aromatic carbocycles. The fourth-order valence-corrected chi connectivity index (χ4v) is 1.01. The number of anilines is 1. The van der Waals surface area contributed by atoms with Gasteiger partial charge in [0, 0.05) is 5.69 Å². The number of benzene rings is 1. The molecule has 0 unspecified atom stereocenters. The van der Waals surface area contributed by atoms with E-state index >= 15 is 0 Å². The van der Waals surface area contributed by atoms with Crippen LogP contribution in [0.15, 0.2) is 30.3 Å². The number of aliphatic hydroxyl groups excluding tert-OH is 2. The molecule has 0 saturated carbocycles. The van der Waals surface area contributed by atoms with Gasteiger partial charge >= 0.3 is 0 Å². The Morgan fingerprint density at radius 1 is 1.36 bits per heavy atom. The summed E-state index contributed by atoms with van der Waals surface area (Å²) in [6, 6.07) is 8.96. The summed E-state index contributed by atoms with van der Waals surface area (Å²) in [4.78, 5) is 11.2. The lowest BCUT2D eigenvalue weighted by Crippen LogP contribution is -2.22. The molecule has 0 aliphatic carbocycles. The molecule has 4 nitrogen and oxygen atoms in total. The molecule has 1 aromatic rings. The molecule has 3 N–H and O–H groups in total. The van der Waals surface area contributed by atoms with Crippen LogP contribution >= 0.6 is 0 Å². The Balaban J connectivity index is 2.42. The van der Waals surface area contributed by atoms with Crippen LogP contribution in [0.5, 0.6) is 0 Å². The summed E-state index contributed by atoms with van der Waals surface area (Å²) in [6.45, 7) is -0.401. The first-order valence-electron chi connectivity index (χ1n) is 4.36. The van der Waals surface area contributed by atoms with Crippen LogP contribution in [0.1, 0.15) is 6.42 Å². The van der Waals surface area contributed by atoms with Gasteiger partial charge in [0.25, 0.3) is 0 Å². The van der Waals surface area contributed by atoms with Crippen molar-refractivity contribution in [3.63, 3.8) is 0 Å². The average molecular weight is 195 g/mol. The third-order valence-electron chi connectivity index (χ3n) is 1.69. The molecule has 1 amide bonds. The first-order chi connectivity index (χ1) is 6.72. The number of nitrogens with one attached hydrogen (secondary N) is 1. The second-order valence-electron chi connectivity index (χ2n) is 2.95. The van der Waals surface area contributed by atoms with Crippen molar-refractivity contribution in [1.82, 2.24) is 0 Å². The highest BCUT2D eigenvalue weighted by Crippen LogP contribution is 2.05. The Morgan fingerprint density at radius 3 is 2.57 bits per heavy atom. The first-order valence-corrected chi connectivity index (χ1v) is 4.36. The fourth-order valence-electron chi connectivity index (χ4n) is 1.01. The quantitative estimate of drug-likeness (QED) is 0.650. The third kappa shape index (κ3) is 3.55. The second kappa shape index (κ2) is 5.36. The molecule has 76 valence electrons. The van der Waals surface area contributed by atoms with Gasteiger partial charge in [-0.15, -0.1) is 0 Å². The Kier molecular flexibility index (Phi) is 4.10. The summed E-state index contributed by atoms with van der Waals surface area (Å²) in [5.74, 6) is -0.308. The molecule has 0 fully saturated rings. The van der Waals surface area contributed by atoms with Gasteiger partial charge in [0.15, 0.2) is 0 Å². The fraction of sp³-hybridized carbons (Fsp3) is 0.300. The number of hydrogen-bond acceptors (Lipinski definition) is 3. The maximum absolute atomic E-state index is 11.2. The molecule has 14 heavy (non-hydrogen) atoms. The van der Waals surface area contributed by atoms with E-state index in [-0.39, 0.29) is 12.3 Å². The van der Waals surface area contributed by atoms with Crippen molar-refractivity contribution in [2.24, 2.45) is 0 Å². The Bertz CT molecular complexity index is 287. The van der Waals surface area contributed by atoms with Crippen molar-refractivity contribution in [2.45, 2.75) is 12.5 Å². The van der Waals surface area contributed by atoms with E-state index in [1.54, 1.807) is 24.3 Å². The predicted octanol–water partition coefficient (Wildman–Crippen LogP) is 0.368. The van der Waals surface area contributed by atoms with Gasteiger partial charge in [-0.1, -0.05) is 18.2 Å². The van der Waals surface area contributed by atoms with Crippen LogP contribution in [0.25, 0.3) is 0 Å². The maximum Gasteiger partial charge on any atom is 0.227 e. The monoisotopic (exact) mass is 195 g/mol. The molecule has 0 saturated heterocycles. The summed E-state index contributed by atoms with van der Waals surface area (Å²) in [5, 5.41) is 20.1. The van der Waals surface area contributed by atoms with Crippen molar-refractivity contribution in [2.75, 3.05) is 11.9 Å². The molecule has 1 atom stereocenters. The van der Waals surface area contributed by atoms with Crippen LogP contribution in [0.3, 0.4) is 0 Å². The van der Waals surface area contributed by atoms with Crippen molar-refractivity contribution >= 4 is 11.6 Å². The predicted molar refractivity (Wildman–Crippen MR) is 52.8 cm³/mol. The summed E-state index contributed by atoms with van der Waals surface area (Å²) in [5.41, 5.74) is 0.683. The molecule has 4 heteroatoms. The number of hydrogen-bond donors (Lipinski definition) is 3. The summed E-state index contributed by atoms with van der Waals surface area (Å²) >= 11 is 0. The summed E-state index contributed by atoms with van der Waals surface area (Å²) < 4.78 is 0. The zero-order valence-corrected chi connectivity index (χ0v) is 7.68. The van der Waals surface area contributed by atoms with Crippen molar-refractivity contribution in [3.8, 4) is 0 Å². The summed E-state index contributed by atoms with van der Waals surface area (Å²) in [7, 11) is 0. The topological polar surface area (TPSA) is 69.6 Å². The average Bonchev–Trinajstić information content (AvgIpc) is 2.19. The molecule has 0 spiro atoms. The van der Waals surface area contributed by atoms with Crippen LogP contribution in [0.2, 0.25) is 0 Å². The molecule has 0 aliphatic heterocycles. The lowest BCUT2D eigenvalue weighted by molar-refractivity contribution is -0.118. The molecule has 0 aromatic heterocycles. The smallest absolute Gasteiger partial charge is 0.227 e. The van der Waals surface area contributed by atoms with E-state index in [2.05, 4.69) is 5.32 Å². The SMILES string of the molecule is O=C(C[C@@H](O)CO)Nc1ccccc1. The minimum atomic E-state index is -0.987. The van der Waals surface area contributed by atoms with Crippen LogP contribution in [0, 0.1) is 0 Å². The van der Waals surface area contributed by atoms with E-state index in [9.17, 15) is 4.79 Å². The minimum absolute atomic E-state index is 0.0919. The Hall–Kier alpha value is -1.39. The zero-order chi connectivity index (χ0) is 10.4. The summed E-state index contributed by atoms with van der Waals surface area (Å²) in [6.07, 6.45) is -1.08. The second-order valence-corrected chi connectivity index (χ2v) is 2.95. The Morgan fingerprint density at radius 2 is 2.00 bits per heavy atom. The van der Waals surface area contributed by atoms with Gasteiger partial charge < -0.3 is 15.5 Å². The lowest BCUT2D eigenvalue weighted by atomic mass is 10.2. The standard InChI is InChI=1S/C10H13NO3/c12-7-9(13)6-10(14)11-8-4-2-1-3-5-8/h1-5,9,12-13H,6-7H2,(H,11,14)/t9-/m1/s1. The van der Waals surface area contributed by atoms with Crippen molar-refractivity contribution in [1.29, 1.82) is 0 Å². The molecule has 0 radical (unpaired) electrons. The molecule has 1 rings (SSSR count). The van der Waals surface area contributed by atoms with E-state index in [4.69, 9.17) is 10.2 Å². The number of carbonyl (C=O) groups is 1. The van der Waals surface area contributed by atoms with Gasteiger partial charge in [-0.25, -0.2) is 0 Å². The number of carbonyl (C=O) groups excluding carboxylic acids is 1. The number of aliphatic hydroxyl groups is 2. The van der Waals surface area contributed by atoms with E-state index in [0.717, 1.165) is 0 Å². The number of amides is 1. The van der Waals surface area contributed by atoms with Gasteiger partial charge in [0.1, 0.15) is 0 Å². The van der Waals surface area contributed by atoms with E-state index in [1.807, 2.05) is 6.07 Å². The lowest BCUT2D eigenvalue weighted by Gasteiger charge is -2.07. The third-order valence-corrected chi connectivity index (χ3v) is 1.69. The number of rotatable bonds is 4. The van der Waals surface area contributed by atoms with Gasteiger partial charge in [-0.2, -0.15) is 0 Å². The largest absolute Gasteiger partial charge is 0.394 e. The maximum atomic E-state index is 11.2. The van der Waals surface area contributed by atoms with Gasteiger partial charge in [-0.3, -0.25) is 4.79 Å². The highest BCUT2D eigenvalue weighted by atomic mass is 16.3. The van der Waals surface area contributed by atoms with Gasteiger partial charge in [0.2, 0.25) is 5.91 Å². The van der Waals surface area contributed by atoms with E-state index in [0.29, 0.717) is 5.69 Å². The Labute approximate surface area is 82.2 Å². The number of para-hydroxylation sites is 1. The highest BCUT2D eigenvalue weighted by Gasteiger charge is 2.08. The van der Waals surface area contributed by atoms with Gasteiger partial charge in [0.05, 0.1) is 19.1 Å². The molecule has 0 aliphatic rings. The minimum Gasteiger partial charge on any atom is -0.394 e. The van der Waals surface area contributed by atoms with Crippen molar-refractivity contribution < 1.29 is 15.0 Å². The van der Waals surface area contributed by atoms with E-state index in [1.165, 1.54) is 0 Å². The van der Waals surface area contributed by atoms with Crippen LogP contribution in [-0.4, -0.2) is 28.8 Å².